The van der Waals surface area contributed by atoms with Crippen LogP contribution in [0, 0.1) is 6.92 Å². The summed E-state index contributed by atoms with van der Waals surface area (Å²) in [5.41, 5.74) is 2.05. The number of rotatable bonds is 6. The lowest BCUT2D eigenvalue weighted by Crippen LogP contribution is -2.04. The van der Waals surface area contributed by atoms with Gasteiger partial charge < -0.3 is 14.5 Å². The van der Waals surface area contributed by atoms with Gasteiger partial charge in [-0.05, 0) is 18.6 Å². The van der Waals surface area contributed by atoms with Crippen molar-refractivity contribution in [2.24, 2.45) is 0 Å². The van der Waals surface area contributed by atoms with Gasteiger partial charge in [0.25, 0.3) is 0 Å². The lowest BCUT2D eigenvalue weighted by atomic mass is 10.1. The first-order valence-corrected chi connectivity index (χ1v) is 8.49. The molecule has 1 atom stereocenters. The van der Waals surface area contributed by atoms with Gasteiger partial charge in [0.05, 0.1) is 12.6 Å². The van der Waals surface area contributed by atoms with Gasteiger partial charge in [-0.2, -0.15) is 0 Å². The summed E-state index contributed by atoms with van der Waals surface area (Å²) in [4.78, 5) is 20.9. The molecule has 0 bridgehead atoms. The normalized spacial score (nSPS) is 13.4. The SMILES string of the molecule is Cc1cccc(CP(=O)(O)Oc2ccccc2CC(=O)O)c1. The van der Waals surface area contributed by atoms with Gasteiger partial charge in [0.2, 0.25) is 0 Å². The molecule has 0 aliphatic rings. The predicted octanol–water partition coefficient (Wildman–Crippen LogP) is 3.39. The Morgan fingerprint density at radius 1 is 1.18 bits per heavy atom. The maximum absolute atomic E-state index is 12.3. The second kappa shape index (κ2) is 6.77. The van der Waals surface area contributed by atoms with Crippen molar-refractivity contribution in [1.82, 2.24) is 0 Å². The summed E-state index contributed by atoms with van der Waals surface area (Å²) in [6.07, 6.45) is -0.392. The van der Waals surface area contributed by atoms with E-state index in [4.69, 9.17) is 9.63 Å². The number of hydrogen-bond acceptors (Lipinski definition) is 3. The third-order valence-electron chi connectivity index (χ3n) is 3.02. The summed E-state index contributed by atoms with van der Waals surface area (Å²) in [5.74, 6) is -0.897. The monoisotopic (exact) mass is 320 g/mol. The van der Waals surface area contributed by atoms with Gasteiger partial charge in [-0.3, -0.25) is 4.79 Å². The highest BCUT2D eigenvalue weighted by molar-refractivity contribution is 7.52. The highest BCUT2D eigenvalue weighted by atomic mass is 31.2. The molecule has 2 N–H and O–H groups in total. The maximum atomic E-state index is 12.3. The van der Waals surface area contributed by atoms with Crippen LogP contribution in [-0.2, 0) is 21.9 Å². The van der Waals surface area contributed by atoms with Crippen LogP contribution in [0.3, 0.4) is 0 Å². The molecule has 22 heavy (non-hydrogen) atoms. The van der Waals surface area contributed by atoms with E-state index in [0.717, 1.165) is 5.56 Å². The quantitative estimate of drug-likeness (QED) is 0.797. The predicted molar refractivity (Wildman–Crippen MR) is 83.1 cm³/mol. The Morgan fingerprint density at radius 3 is 2.59 bits per heavy atom. The lowest BCUT2D eigenvalue weighted by molar-refractivity contribution is -0.136. The molecule has 2 aromatic carbocycles. The van der Waals surface area contributed by atoms with Crippen molar-refractivity contribution in [2.45, 2.75) is 19.5 Å². The van der Waals surface area contributed by atoms with E-state index in [9.17, 15) is 14.3 Å². The third-order valence-corrected chi connectivity index (χ3v) is 4.27. The van der Waals surface area contributed by atoms with E-state index in [0.29, 0.717) is 11.1 Å². The van der Waals surface area contributed by atoms with Gasteiger partial charge in [0, 0.05) is 5.56 Å². The van der Waals surface area contributed by atoms with E-state index >= 15 is 0 Å². The Kier molecular flexibility index (Phi) is 5.01. The fourth-order valence-electron chi connectivity index (χ4n) is 2.13. The first-order valence-electron chi connectivity index (χ1n) is 6.72. The molecule has 116 valence electrons. The number of carbonyl (C=O) groups is 1. The Morgan fingerprint density at radius 2 is 1.91 bits per heavy atom. The largest absolute Gasteiger partial charge is 0.481 e. The average molecular weight is 320 g/mol. The highest BCUT2D eigenvalue weighted by Crippen LogP contribution is 2.47. The van der Waals surface area contributed by atoms with Gasteiger partial charge in [-0.15, -0.1) is 0 Å². The molecule has 2 aromatic rings. The minimum absolute atomic E-state index is 0.128. The second-order valence-electron chi connectivity index (χ2n) is 5.05. The van der Waals surface area contributed by atoms with Gasteiger partial charge in [-0.1, -0.05) is 48.0 Å². The molecule has 6 heteroatoms. The van der Waals surface area contributed by atoms with Gasteiger partial charge in [0.1, 0.15) is 5.75 Å². The molecular formula is C16H17O5P. The van der Waals surface area contributed by atoms with Crippen LogP contribution in [0.15, 0.2) is 48.5 Å². The number of hydrogen-bond donors (Lipinski definition) is 2. The molecule has 0 aliphatic heterocycles. The van der Waals surface area contributed by atoms with Crippen molar-refractivity contribution in [3.8, 4) is 5.75 Å². The molecule has 0 fully saturated rings. The third kappa shape index (κ3) is 4.72. The molecule has 0 aromatic heterocycles. The van der Waals surface area contributed by atoms with E-state index in [1.54, 1.807) is 24.3 Å². The van der Waals surface area contributed by atoms with E-state index in [1.165, 1.54) is 6.07 Å². The smallest absolute Gasteiger partial charge is 0.380 e. The molecule has 0 spiro atoms. The van der Waals surface area contributed by atoms with Crippen molar-refractivity contribution in [1.29, 1.82) is 0 Å². The van der Waals surface area contributed by atoms with Crippen LogP contribution in [0.2, 0.25) is 0 Å². The zero-order valence-electron chi connectivity index (χ0n) is 12.1. The lowest BCUT2D eigenvalue weighted by Gasteiger charge is -2.16. The number of aryl methyl sites for hydroxylation is 1. The van der Waals surface area contributed by atoms with E-state index < -0.39 is 13.6 Å². The van der Waals surface area contributed by atoms with E-state index in [2.05, 4.69) is 0 Å². The summed E-state index contributed by atoms with van der Waals surface area (Å²) in [6, 6.07) is 13.6. The molecule has 0 heterocycles. The van der Waals surface area contributed by atoms with E-state index in [-0.39, 0.29) is 18.3 Å². The Balaban J connectivity index is 2.18. The molecular weight excluding hydrogens is 303 g/mol. The Bertz CT molecular complexity index is 726. The first-order chi connectivity index (χ1) is 10.4. The summed E-state index contributed by atoms with van der Waals surface area (Å²) < 4.78 is 17.5. The van der Waals surface area contributed by atoms with Gasteiger partial charge in [-0.25, -0.2) is 4.57 Å². The van der Waals surface area contributed by atoms with Gasteiger partial charge >= 0.3 is 13.6 Å². The molecule has 5 nitrogen and oxygen atoms in total. The van der Waals surface area contributed by atoms with Crippen molar-refractivity contribution < 1.29 is 23.9 Å². The fourth-order valence-corrected chi connectivity index (χ4v) is 3.34. The first kappa shape index (κ1) is 16.3. The topological polar surface area (TPSA) is 83.8 Å². The summed E-state index contributed by atoms with van der Waals surface area (Å²) in [5, 5.41) is 8.87. The van der Waals surface area contributed by atoms with Crippen LogP contribution in [-0.4, -0.2) is 16.0 Å². The number of carboxylic acid groups (broad SMARTS) is 1. The van der Waals surface area contributed by atoms with Crippen LogP contribution < -0.4 is 4.52 Å². The zero-order valence-corrected chi connectivity index (χ0v) is 13.0. The standard InChI is InChI=1S/C16H17O5P/c1-12-5-4-6-13(9-12)11-22(19,20)21-15-8-3-2-7-14(15)10-16(17)18/h2-9H,10-11H2,1H3,(H,17,18)(H,19,20). The highest BCUT2D eigenvalue weighted by Gasteiger charge is 2.23. The number of para-hydroxylation sites is 1. The fraction of sp³-hybridized carbons (Fsp3) is 0.188. The number of carboxylic acids is 1. The second-order valence-corrected chi connectivity index (χ2v) is 6.83. The Hall–Kier alpha value is -2.10. The van der Waals surface area contributed by atoms with Crippen LogP contribution in [0.25, 0.3) is 0 Å². The molecule has 1 unspecified atom stereocenters. The summed E-state index contributed by atoms with van der Waals surface area (Å²) in [6.45, 7) is 1.90. The Labute approximate surface area is 128 Å². The minimum atomic E-state index is -3.92. The van der Waals surface area contributed by atoms with Crippen LogP contribution >= 0.6 is 7.60 Å². The molecule has 0 aliphatic carbocycles. The van der Waals surface area contributed by atoms with Crippen LogP contribution in [0.1, 0.15) is 16.7 Å². The van der Waals surface area contributed by atoms with Crippen molar-refractivity contribution in [3.63, 3.8) is 0 Å². The molecule has 0 saturated heterocycles. The average Bonchev–Trinajstić information content (AvgIpc) is 2.39. The zero-order chi connectivity index (χ0) is 16.2. The van der Waals surface area contributed by atoms with Gasteiger partial charge in [0.15, 0.2) is 0 Å². The molecule has 0 amide bonds. The molecule has 0 radical (unpaired) electrons. The minimum Gasteiger partial charge on any atom is -0.481 e. The van der Waals surface area contributed by atoms with Crippen molar-refractivity contribution >= 4 is 13.6 Å². The van der Waals surface area contributed by atoms with Crippen LogP contribution in [0.5, 0.6) is 5.75 Å². The maximum Gasteiger partial charge on any atom is 0.380 e. The summed E-state index contributed by atoms with van der Waals surface area (Å²) >= 11 is 0. The van der Waals surface area contributed by atoms with Crippen LogP contribution in [0.4, 0.5) is 0 Å². The number of aliphatic carboxylic acids is 1. The number of benzene rings is 2. The summed E-state index contributed by atoms with van der Waals surface area (Å²) in [7, 11) is -3.92. The molecule has 2 rings (SSSR count). The van der Waals surface area contributed by atoms with Crippen molar-refractivity contribution in [3.05, 3.63) is 65.2 Å². The van der Waals surface area contributed by atoms with Crippen molar-refractivity contribution in [2.75, 3.05) is 0 Å². The van der Waals surface area contributed by atoms with E-state index in [1.807, 2.05) is 25.1 Å². The molecule has 0 saturated carbocycles.